The van der Waals surface area contributed by atoms with E-state index in [2.05, 4.69) is 0 Å². The molecule has 18 nitrogen and oxygen atoms in total. The molecule has 1 rings (SSSR count). The SMILES string of the molecule is C1COCCOCCOCCOCCOCCO1.O=[N+]([O-])[O-].O=[N+]([O-])[O-].O=[N+]([O-])[O-].[Ce+3]. The average Bonchev–Trinajstić information content (AvgIpc) is 2.60. The molecule has 0 aromatic carbocycles. The molecule has 31 heavy (non-hydrogen) atoms. The molecule has 0 amide bonds. The van der Waals surface area contributed by atoms with E-state index in [1.807, 2.05) is 0 Å². The third-order valence-electron chi connectivity index (χ3n) is 2.23. The fourth-order valence-corrected chi connectivity index (χ4v) is 1.32. The van der Waals surface area contributed by atoms with E-state index in [1.54, 1.807) is 0 Å². The summed E-state index contributed by atoms with van der Waals surface area (Å²) in [6, 6.07) is 0. The summed E-state index contributed by atoms with van der Waals surface area (Å²) in [5, 5.41) is 44.2. The molecule has 19 heteroatoms. The van der Waals surface area contributed by atoms with Crippen LogP contribution in [-0.2, 0) is 28.4 Å². The predicted octanol–water partition coefficient (Wildman–Crippen LogP) is -0.618. The van der Waals surface area contributed by atoms with E-state index < -0.39 is 15.3 Å². The summed E-state index contributed by atoms with van der Waals surface area (Å²) in [6.45, 7) is 7.04. The smallest absolute Gasteiger partial charge is 0.377 e. The van der Waals surface area contributed by atoms with E-state index in [4.69, 9.17) is 74.4 Å². The molecule has 1 aliphatic heterocycles. The average molecular weight is 590 g/mol. The van der Waals surface area contributed by atoms with Gasteiger partial charge in [-0.05, 0) is 0 Å². The molecule has 0 aromatic rings. The standard InChI is InChI=1S/C12H24O6.Ce.3NO3/c1-2-14-5-6-16-9-10-18-12-11-17-8-7-15-4-3-13-1;;3*2-1(3)4/h1-12H2;;;;/q;+3;3*-1. The van der Waals surface area contributed by atoms with Crippen LogP contribution in [-0.4, -0.2) is 94.5 Å². The predicted molar refractivity (Wildman–Crippen MR) is 96.0 cm³/mol. The zero-order valence-corrected chi connectivity index (χ0v) is 19.6. The van der Waals surface area contributed by atoms with Gasteiger partial charge in [-0.25, -0.2) is 0 Å². The van der Waals surface area contributed by atoms with Gasteiger partial charge in [-0.15, -0.1) is 0 Å². The number of ether oxygens (including phenoxy) is 6. The summed E-state index contributed by atoms with van der Waals surface area (Å²) in [5.74, 6) is 0. The molecule has 0 unspecified atom stereocenters. The van der Waals surface area contributed by atoms with Gasteiger partial charge in [0.1, 0.15) is 0 Å². The van der Waals surface area contributed by atoms with Crippen LogP contribution in [0.15, 0.2) is 0 Å². The molecule has 1 saturated heterocycles. The first-order valence-corrected chi connectivity index (χ1v) is 8.11. The number of hydrogen-bond donors (Lipinski definition) is 0. The molecule has 1 aliphatic rings. The van der Waals surface area contributed by atoms with E-state index in [0.717, 1.165) is 0 Å². The van der Waals surface area contributed by atoms with Gasteiger partial charge in [0.05, 0.1) is 94.5 Å². The van der Waals surface area contributed by atoms with Crippen LogP contribution in [0, 0.1) is 87.7 Å². The molecule has 181 valence electrons. The summed E-state index contributed by atoms with van der Waals surface area (Å²) in [6.07, 6.45) is 0. The summed E-state index contributed by atoms with van der Waals surface area (Å²) < 4.78 is 32.0. The Hall–Kier alpha value is -1.26. The van der Waals surface area contributed by atoms with E-state index in [-0.39, 0.29) is 41.7 Å². The maximum Gasteiger partial charge on any atom is 3.00 e. The first-order valence-electron chi connectivity index (χ1n) is 8.11. The molecular weight excluding hydrogens is 566 g/mol. The fourth-order valence-electron chi connectivity index (χ4n) is 1.32. The van der Waals surface area contributed by atoms with Gasteiger partial charge in [0.15, 0.2) is 0 Å². The Morgan fingerprint density at radius 1 is 0.355 bits per heavy atom. The Morgan fingerprint density at radius 2 is 0.419 bits per heavy atom. The van der Waals surface area contributed by atoms with Crippen molar-refractivity contribution in [2.75, 3.05) is 79.3 Å². The normalized spacial score (nSPS) is 16.3. The first kappa shape index (κ1) is 37.1. The maximum atomic E-state index is 8.25. The molecule has 0 saturated carbocycles. The van der Waals surface area contributed by atoms with Gasteiger partial charge < -0.3 is 74.4 Å². The van der Waals surface area contributed by atoms with Crippen molar-refractivity contribution >= 4 is 0 Å². The van der Waals surface area contributed by atoms with Crippen LogP contribution in [0.5, 0.6) is 0 Å². The minimum absolute atomic E-state index is 0. The van der Waals surface area contributed by atoms with Gasteiger partial charge in [-0.3, -0.25) is 0 Å². The van der Waals surface area contributed by atoms with Crippen LogP contribution in [0.3, 0.4) is 0 Å². The number of rotatable bonds is 0. The zero-order valence-electron chi connectivity index (χ0n) is 16.5. The molecule has 0 N–H and O–H groups in total. The Bertz CT molecular complexity index is 292. The van der Waals surface area contributed by atoms with Gasteiger partial charge in [-0.1, -0.05) is 0 Å². The van der Waals surface area contributed by atoms with Crippen molar-refractivity contribution in [2.45, 2.75) is 0 Å². The van der Waals surface area contributed by atoms with Crippen LogP contribution in [0.1, 0.15) is 0 Å². The van der Waals surface area contributed by atoms with Gasteiger partial charge >= 0.3 is 41.7 Å². The van der Waals surface area contributed by atoms with E-state index in [9.17, 15) is 0 Å². The summed E-state index contributed by atoms with van der Waals surface area (Å²) in [7, 11) is 0. The van der Waals surface area contributed by atoms with Crippen LogP contribution in [0.4, 0.5) is 0 Å². The summed E-state index contributed by atoms with van der Waals surface area (Å²) >= 11 is 0. The fraction of sp³-hybridized carbons (Fsp3) is 1.00. The van der Waals surface area contributed by atoms with Crippen LogP contribution >= 0.6 is 0 Å². The first-order chi connectivity index (χ1) is 14.2. The van der Waals surface area contributed by atoms with E-state index >= 15 is 0 Å². The molecule has 0 bridgehead atoms. The molecule has 1 heterocycles. The monoisotopic (exact) mass is 590 g/mol. The third-order valence-corrected chi connectivity index (χ3v) is 2.23. The van der Waals surface area contributed by atoms with Crippen molar-refractivity contribution in [1.29, 1.82) is 0 Å². The van der Waals surface area contributed by atoms with Crippen molar-refractivity contribution in [1.82, 2.24) is 0 Å². The quantitative estimate of drug-likeness (QED) is 0.252. The van der Waals surface area contributed by atoms with E-state index in [0.29, 0.717) is 79.3 Å². The molecule has 0 aliphatic carbocycles. The van der Waals surface area contributed by atoms with Gasteiger partial charge in [0.25, 0.3) is 0 Å². The Morgan fingerprint density at radius 3 is 0.484 bits per heavy atom. The number of hydrogen-bond acceptors (Lipinski definition) is 15. The van der Waals surface area contributed by atoms with Gasteiger partial charge in [-0.2, -0.15) is 0 Å². The Kier molecular flexibility index (Phi) is 39.9. The minimum Gasteiger partial charge on any atom is -0.377 e. The van der Waals surface area contributed by atoms with Crippen molar-refractivity contribution in [2.24, 2.45) is 0 Å². The second-order valence-corrected chi connectivity index (χ2v) is 4.35. The molecule has 0 aromatic heterocycles. The van der Waals surface area contributed by atoms with Gasteiger partial charge in [0.2, 0.25) is 0 Å². The van der Waals surface area contributed by atoms with Crippen molar-refractivity contribution < 1.29 is 85.4 Å². The minimum atomic E-state index is -1.75. The molecule has 0 spiro atoms. The molecular formula is C12H24CeN3O15. The molecule has 1 fully saturated rings. The largest absolute Gasteiger partial charge is 3.00 e. The van der Waals surface area contributed by atoms with E-state index in [1.165, 1.54) is 0 Å². The van der Waals surface area contributed by atoms with Crippen LogP contribution in [0.2, 0.25) is 0 Å². The zero-order chi connectivity index (χ0) is 23.5. The molecule has 0 atom stereocenters. The maximum absolute atomic E-state index is 8.25. The topological polar surface area (TPSA) is 254 Å². The van der Waals surface area contributed by atoms with Gasteiger partial charge in [0, 0.05) is 0 Å². The number of nitrogens with zero attached hydrogens (tertiary/aromatic N) is 3. The van der Waals surface area contributed by atoms with Crippen LogP contribution < -0.4 is 0 Å². The van der Waals surface area contributed by atoms with Crippen molar-refractivity contribution in [3.63, 3.8) is 0 Å². The molecule has 1 radical (unpaired) electrons. The second-order valence-electron chi connectivity index (χ2n) is 4.35. The second kappa shape index (κ2) is 33.4. The summed E-state index contributed by atoms with van der Waals surface area (Å²) in [4.78, 5) is 24.8. The van der Waals surface area contributed by atoms with Crippen molar-refractivity contribution in [3.05, 3.63) is 46.0 Å². The third kappa shape index (κ3) is 73.3. The Labute approximate surface area is 210 Å². The van der Waals surface area contributed by atoms with Crippen LogP contribution in [0.25, 0.3) is 0 Å². The summed E-state index contributed by atoms with van der Waals surface area (Å²) in [5.41, 5.74) is 0. The Balaban J connectivity index is -0.000000232. The van der Waals surface area contributed by atoms with Crippen molar-refractivity contribution in [3.8, 4) is 0 Å².